The second-order valence-corrected chi connectivity index (χ2v) is 10.2. The van der Waals surface area contributed by atoms with Gasteiger partial charge in [-0.15, -0.1) is 5.10 Å². The first-order chi connectivity index (χ1) is 13.1. The van der Waals surface area contributed by atoms with Crippen LogP contribution in [0, 0.1) is 5.92 Å². The molecule has 1 aromatic heterocycles. The molecule has 1 N–H and O–H groups in total. The number of rotatable bonds is 5. The van der Waals surface area contributed by atoms with Gasteiger partial charge in [0, 0.05) is 18.6 Å². The minimum Gasteiger partial charge on any atom is -0.385 e. The van der Waals surface area contributed by atoms with Crippen molar-refractivity contribution >= 4 is 27.0 Å². The summed E-state index contributed by atoms with van der Waals surface area (Å²) in [4.78, 5) is 18.6. The summed E-state index contributed by atoms with van der Waals surface area (Å²) in [6.07, 6.45) is 1.89. The summed E-state index contributed by atoms with van der Waals surface area (Å²) < 4.78 is 27.5. The lowest BCUT2D eigenvalue weighted by Gasteiger charge is -2.30. The van der Waals surface area contributed by atoms with E-state index in [0.29, 0.717) is 30.0 Å². The van der Waals surface area contributed by atoms with Crippen LogP contribution in [-0.2, 0) is 14.8 Å². The molecule has 3 rings (SSSR count). The molecule has 28 heavy (non-hydrogen) atoms. The fraction of sp³-hybridized carbons (Fsp3) is 0.611. The molecule has 1 atom stereocenters. The first-order valence-electron chi connectivity index (χ1n) is 9.36. The lowest BCUT2D eigenvalue weighted by Crippen LogP contribution is -2.44. The Morgan fingerprint density at radius 2 is 2.11 bits per heavy atom. The van der Waals surface area contributed by atoms with Crippen molar-refractivity contribution in [2.45, 2.75) is 51.0 Å². The molecule has 0 unspecified atom stereocenters. The first kappa shape index (κ1) is 20.5. The van der Waals surface area contributed by atoms with Crippen LogP contribution < -0.4 is 10.2 Å². The van der Waals surface area contributed by atoms with Crippen molar-refractivity contribution in [3.63, 3.8) is 0 Å². The van der Waals surface area contributed by atoms with Crippen LogP contribution >= 0.6 is 0 Å². The molecule has 9 nitrogen and oxygen atoms in total. The third kappa shape index (κ3) is 4.61. The van der Waals surface area contributed by atoms with Crippen LogP contribution in [0.3, 0.4) is 0 Å². The number of hydrogen-bond donors (Lipinski definition) is 1. The molecule has 1 aliphatic rings. The van der Waals surface area contributed by atoms with Crippen LogP contribution in [-0.4, -0.2) is 59.0 Å². The standard InChI is InChI=1S/C18H27N5O4S/c1-13-6-5-9-22(11-13)28(25,26)14-7-8-15-16(10-14)23(21-20-15)27-12-17(24)19-18(2,3)4/h7-8,10,13H,5-6,9,11-12H2,1-4H3,(H,19,24)/t13-/m0/s1. The zero-order chi connectivity index (χ0) is 20.5. The highest BCUT2D eigenvalue weighted by atomic mass is 32.2. The predicted molar refractivity (Wildman–Crippen MR) is 104 cm³/mol. The number of benzene rings is 1. The minimum atomic E-state index is -3.61. The monoisotopic (exact) mass is 409 g/mol. The average molecular weight is 410 g/mol. The van der Waals surface area contributed by atoms with Crippen LogP contribution in [0.5, 0.6) is 0 Å². The van der Waals surface area contributed by atoms with Crippen LogP contribution in [0.1, 0.15) is 40.5 Å². The average Bonchev–Trinajstić information content (AvgIpc) is 3.01. The van der Waals surface area contributed by atoms with Gasteiger partial charge in [-0.05, 0) is 62.9 Å². The minimum absolute atomic E-state index is 0.167. The van der Waals surface area contributed by atoms with E-state index in [1.807, 2.05) is 20.8 Å². The number of sulfonamides is 1. The summed E-state index contributed by atoms with van der Waals surface area (Å²) in [5.74, 6) is 0.0337. The van der Waals surface area contributed by atoms with E-state index < -0.39 is 10.0 Å². The normalized spacial score (nSPS) is 18.9. The van der Waals surface area contributed by atoms with Crippen LogP contribution in [0.2, 0.25) is 0 Å². The Morgan fingerprint density at radius 1 is 1.36 bits per heavy atom. The second kappa shape index (κ2) is 7.67. The van der Waals surface area contributed by atoms with Crippen LogP contribution in [0.4, 0.5) is 0 Å². The molecule has 1 aliphatic heterocycles. The van der Waals surface area contributed by atoms with E-state index in [2.05, 4.69) is 22.6 Å². The maximum absolute atomic E-state index is 13.0. The number of fused-ring (bicyclic) bond motifs is 1. The molecule has 0 aliphatic carbocycles. The van der Waals surface area contributed by atoms with Gasteiger partial charge in [0.15, 0.2) is 6.61 Å². The Bertz CT molecular complexity index is 964. The van der Waals surface area contributed by atoms with Gasteiger partial charge in [-0.25, -0.2) is 8.42 Å². The Morgan fingerprint density at radius 3 is 2.79 bits per heavy atom. The van der Waals surface area contributed by atoms with Gasteiger partial charge in [0.05, 0.1) is 4.90 Å². The highest BCUT2D eigenvalue weighted by molar-refractivity contribution is 7.89. The smallest absolute Gasteiger partial charge is 0.261 e. The van der Waals surface area contributed by atoms with Crippen molar-refractivity contribution in [1.82, 2.24) is 24.8 Å². The molecule has 2 aromatic rings. The van der Waals surface area contributed by atoms with Gasteiger partial charge in [0.2, 0.25) is 10.0 Å². The van der Waals surface area contributed by atoms with Crippen molar-refractivity contribution in [2.24, 2.45) is 5.92 Å². The molecule has 1 aromatic carbocycles. The molecule has 1 amide bonds. The molecule has 0 radical (unpaired) electrons. The number of nitrogens with one attached hydrogen (secondary N) is 1. The molecule has 1 saturated heterocycles. The van der Waals surface area contributed by atoms with E-state index in [1.165, 1.54) is 16.4 Å². The van der Waals surface area contributed by atoms with Crippen molar-refractivity contribution in [1.29, 1.82) is 0 Å². The number of carbonyl (C=O) groups is 1. The van der Waals surface area contributed by atoms with E-state index >= 15 is 0 Å². The van der Waals surface area contributed by atoms with Crippen LogP contribution in [0.15, 0.2) is 23.1 Å². The Hall–Kier alpha value is -2.20. The van der Waals surface area contributed by atoms with Crippen LogP contribution in [0.25, 0.3) is 11.0 Å². The molecule has 0 spiro atoms. The lowest BCUT2D eigenvalue weighted by atomic mass is 10.0. The maximum Gasteiger partial charge on any atom is 0.261 e. The van der Waals surface area contributed by atoms with Crippen molar-refractivity contribution < 1.29 is 18.0 Å². The number of nitrogens with zero attached hydrogens (tertiary/aromatic N) is 4. The summed E-state index contributed by atoms with van der Waals surface area (Å²) in [7, 11) is -3.61. The van der Waals surface area contributed by atoms with Gasteiger partial charge >= 0.3 is 0 Å². The largest absolute Gasteiger partial charge is 0.385 e. The van der Waals surface area contributed by atoms with E-state index in [9.17, 15) is 13.2 Å². The van der Waals surface area contributed by atoms with E-state index in [-0.39, 0.29) is 22.9 Å². The second-order valence-electron chi connectivity index (χ2n) is 8.29. The number of hydrogen-bond acceptors (Lipinski definition) is 6. The Kier molecular flexibility index (Phi) is 5.62. The molecule has 0 bridgehead atoms. The third-order valence-corrected chi connectivity index (χ3v) is 6.34. The summed E-state index contributed by atoms with van der Waals surface area (Å²) >= 11 is 0. The summed E-state index contributed by atoms with van der Waals surface area (Å²) in [5, 5.41) is 10.6. The van der Waals surface area contributed by atoms with Gasteiger partial charge in [0.25, 0.3) is 5.91 Å². The molecule has 10 heteroatoms. The number of amides is 1. The number of carbonyl (C=O) groups excluding carboxylic acids is 1. The molecular formula is C18H27N5O4S. The molecule has 154 valence electrons. The molecular weight excluding hydrogens is 382 g/mol. The summed E-state index contributed by atoms with van der Waals surface area (Å²) in [5.41, 5.74) is 0.509. The van der Waals surface area contributed by atoms with Gasteiger partial charge in [-0.1, -0.05) is 11.8 Å². The quantitative estimate of drug-likeness (QED) is 0.795. The molecule has 0 saturated carbocycles. The maximum atomic E-state index is 13.0. The summed E-state index contributed by atoms with van der Waals surface area (Å²) in [6, 6.07) is 4.62. The van der Waals surface area contributed by atoms with Gasteiger partial charge < -0.3 is 10.2 Å². The molecule has 2 heterocycles. The highest BCUT2D eigenvalue weighted by Crippen LogP contribution is 2.25. The lowest BCUT2D eigenvalue weighted by molar-refractivity contribution is -0.127. The molecule has 1 fully saturated rings. The first-order valence-corrected chi connectivity index (χ1v) is 10.8. The highest BCUT2D eigenvalue weighted by Gasteiger charge is 2.29. The zero-order valence-electron chi connectivity index (χ0n) is 16.7. The Balaban J connectivity index is 1.81. The van der Waals surface area contributed by atoms with E-state index in [4.69, 9.17) is 4.84 Å². The summed E-state index contributed by atoms with van der Waals surface area (Å²) in [6.45, 7) is 8.45. The van der Waals surface area contributed by atoms with Gasteiger partial charge in [-0.3, -0.25) is 4.79 Å². The van der Waals surface area contributed by atoms with Crippen molar-refractivity contribution in [3.05, 3.63) is 18.2 Å². The third-order valence-electron chi connectivity index (χ3n) is 4.48. The SMILES string of the molecule is C[C@H]1CCCN(S(=O)(=O)c2ccc3nnn(OCC(=O)NC(C)(C)C)c3c2)C1. The predicted octanol–water partition coefficient (Wildman–Crippen LogP) is 1.20. The van der Waals surface area contributed by atoms with Gasteiger partial charge in [0.1, 0.15) is 11.0 Å². The fourth-order valence-electron chi connectivity index (χ4n) is 3.22. The Labute approximate surface area is 165 Å². The fourth-order valence-corrected chi connectivity index (χ4v) is 4.84. The van der Waals surface area contributed by atoms with Crippen molar-refractivity contribution in [3.8, 4) is 0 Å². The van der Waals surface area contributed by atoms with E-state index in [1.54, 1.807) is 6.07 Å². The van der Waals surface area contributed by atoms with Crippen molar-refractivity contribution in [2.75, 3.05) is 19.7 Å². The van der Waals surface area contributed by atoms with Gasteiger partial charge in [-0.2, -0.15) is 4.31 Å². The van der Waals surface area contributed by atoms with E-state index in [0.717, 1.165) is 17.7 Å². The topological polar surface area (TPSA) is 106 Å². The number of piperidine rings is 1. The number of aromatic nitrogens is 3. The zero-order valence-corrected chi connectivity index (χ0v) is 17.5.